The van der Waals surface area contributed by atoms with E-state index in [2.05, 4.69) is 4.57 Å². The van der Waals surface area contributed by atoms with Gasteiger partial charge in [-0.25, -0.2) is 23.5 Å². The molecule has 2 aromatic carbocycles. The van der Waals surface area contributed by atoms with Crippen LogP contribution in [0.1, 0.15) is 29.6 Å². The van der Waals surface area contributed by atoms with Crippen LogP contribution in [0.4, 0.5) is 0 Å². The second-order valence-corrected chi connectivity index (χ2v) is 8.99. The fourth-order valence-electron chi connectivity index (χ4n) is 3.82. The highest BCUT2D eigenvalue weighted by Crippen LogP contribution is 2.29. The molecule has 0 amide bonds. The molecule has 4 rings (SSSR count). The van der Waals surface area contributed by atoms with Crippen molar-refractivity contribution in [1.82, 2.24) is 14.5 Å². The van der Waals surface area contributed by atoms with Crippen molar-refractivity contribution >= 4 is 21.2 Å². The third-order valence-corrected chi connectivity index (χ3v) is 6.15. The third kappa shape index (κ3) is 3.74. The van der Waals surface area contributed by atoms with Crippen LogP contribution in [0.5, 0.6) is 0 Å². The first kappa shape index (κ1) is 20.3. The molecule has 0 fully saturated rings. The molecule has 0 spiro atoms. The van der Waals surface area contributed by atoms with Gasteiger partial charge >= 0.3 is 0 Å². The molecule has 0 aliphatic carbocycles. The Hall–Kier alpha value is -3.03. The maximum Gasteiger partial charge on any atom is 0.238 e. The lowest BCUT2D eigenvalue weighted by molar-refractivity contribution is 0.598. The van der Waals surface area contributed by atoms with Crippen molar-refractivity contribution < 1.29 is 8.42 Å². The highest BCUT2D eigenvalue weighted by molar-refractivity contribution is 7.89. The molecule has 4 aromatic rings. The SMILES string of the molecule is CCc1nc2c(C)cc(C)nc2n1Cc1ccc(-c2ccccc2)c(S(N)(=O)=O)c1. The number of hydrogen-bond donors (Lipinski definition) is 1. The highest BCUT2D eigenvalue weighted by Gasteiger charge is 2.18. The second kappa shape index (κ2) is 7.66. The average molecular weight is 421 g/mol. The van der Waals surface area contributed by atoms with E-state index in [0.29, 0.717) is 12.1 Å². The molecule has 2 heterocycles. The van der Waals surface area contributed by atoms with Crippen LogP contribution < -0.4 is 5.14 Å². The summed E-state index contributed by atoms with van der Waals surface area (Å²) in [5.41, 5.74) is 5.93. The Morgan fingerprint density at radius 3 is 2.40 bits per heavy atom. The van der Waals surface area contributed by atoms with Crippen LogP contribution in [0.25, 0.3) is 22.3 Å². The molecule has 0 radical (unpaired) electrons. The maximum absolute atomic E-state index is 12.4. The van der Waals surface area contributed by atoms with Gasteiger partial charge in [0, 0.05) is 17.7 Å². The molecule has 0 atom stereocenters. The number of sulfonamides is 1. The summed E-state index contributed by atoms with van der Waals surface area (Å²) >= 11 is 0. The lowest BCUT2D eigenvalue weighted by Crippen LogP contribution is -2.14. The Bertz CT molecular complexity index is 1340. The zero-order valence-corrected chi connectivity index (χ0v) is 18.1. The van der Waals surface area contributed by atoms with Gasteiger partial charge in [0.1, 0.15) is 11.3 Å². The molecular weight excluding hydrogens is 396 g/mol. The number of hydrogen-bond acceptors (Lipinski definition) is 4. The third-order valence-electron chi connectivity index (χ3n) is 5.20. The minimum atomic E-state index is -3.90. The van der Waals surface area contributed by atoms with E-state index < -0.39 is 10.0 Å². The molecule has 0 saturated heterocycles. The number of imidazole rings is 1. The summed E-state index contributed by atoms with van der Waals surface area (Å²) in [6.45, 7) is 6.51. The van der Waals surface area contributed by atoms with Crippen LogP contribution in [-0.4, -0.2) is 23.0 Å². The van der Waals surface area contributed by atoms with E-state index in [1.165, 1.54) is 0 Å². The van der Waals surface area contributed by atoms with Crippen LogP contribution in [0, 0.1) is 13.8 Å². The Balaban J connectivity index is 1.85. The van der Waals surface area contributed by atoms with E-state index >= 15 is 0 Å². The van der Waals surface area contributed by atoms with Crippen molar-refractivity contribution in [3.63, 3.8) is 0 Å². The van der Waals surface area contributed by atoms with E-state index in [1.807, 2.05) is 69.3 Å². The minimum Gasteiger partial charge on any atom is -0.308 e. The van der Waals surface area contributed by atoms with E-state index in [1.54, 1.807) is 6.07 Å². The monoisotopic (exact) mass is 420 g/mol. The molecule has 154 valence electrons. The Labute approximate surface area is 176 Å². The summed E-state index contributed by atoms with van der Waals surface area (Å²) in [5, 5.41) is 5.56. The van der Waals surface area contributed by atoms with Crippen molar-refractivity contribution in [3.8, 4) is 11.1 Å². The Kier molecular flexibility index (Phi) is 5.17. The molecule has 6 nitrogen and oxygen atoms in total. The molecule has 0 bridgehead atoms. The van der Waals surface area contributed by atoms with Gasteiger partial charge in [-0.2, -0.15) is 0 Å². The van der Waals surface area contributed by atoms with Crippen molar-refractivity contribution in [3.05, 3.63) is 77.2 Å². The number of nitrogens with zero attached hydrogens (tertiary/aromatic N) is 3. The van der Waals surface area contributed by atoms with Gasteiger partial charge in [0.05, 0.1) is 11.4 Å². The van der Waals surface area contributed by atoms with Crippen LogP contribution in [0.3, 0.4) is 0 Å². The van der Waals surface area contributed by atoms with Crippen molar-refractivity contribution in [2.45, 2.75) is 38.6 Å². The standard InChI is InChI=1S/C23H24N4O2S/c1-4-21-26-22-15(2)12-16(3)25-23(22)27(21)14-17-10-11-19(18-8-6-5-7-9-18)20(13-17)30(24,28)29/h5-13H,4,14H2,1-3H3,(H2,24,28,29). The number of benzene rings is 2. The topological polar surface area (TPSA) is 90.9 Å². The first-order valence-corrected chi connectivity index (χ1v) is 11.4. The number of primary sulfonamides is 1. The highest BCUT2D eigenvalue weighted by atomic mass is 32.2. The number of fused-ring (bicyclic) bond motifs is 1. The van der Waals surface area contributed by atoms with Gasteiger partial charge in [-0.1, -0.05) is 49.4 Å². The van der Waals surface area contributed by atoms with Crippen molar-refractivity contribution in [2.24, 2.45) is 5.14 Å². The van der Waals surface area contributed by atoms with E-state index in [4.69, 9.17) is 15.1 Å². The molecule has 0 unspecified atom stereocenters. The molecule has 0 aliphatic rings. The summed E-state index contributed by atoms with van der Waals surface area (Å²) < 4.78 is 26.8. The maximum atomic E-state index is 12.4. The fraction of sp³-hybridized carbons (Fsp3) is 0.217. The van der Waals surface area contributed by atoms with Crippen molar-refractivity contribution in [1.29, 1.82) is 0 Å². The van der Waals surface area contributed by atoms with Gasteiger partial charge < -0.3 is 4.57 Å². The molecule has 30 heavy (non-hydrogen) atoms. The smallest absolute Gasteiger partial charge is 0.238 e. The van der Waals surface area contributed by atoms with Gasteiger partial charge in [0.25, 0.3) is 0 Å². The summed E-state index contributed by atoms with van der Waals surface area (Å²) in [7, 11) is -3.90. The summed E-state index contributed by atoms with van der Waals surface area (Å²) in [6, 6.07) is 16.8. The zero-order chi connectivity index (χ0) is 21.5. The first-order valence-electron chi connectivity index (χ1n) is 9.82. The van der Waals surface area contributed by atoms with E-state index in [-0.39, 0.29) is 4.90 Å². The molecule has 7 heteroatoms. The van der Waals surface area contributed by atoms with Crippen LogP contribution in [0.15, 0.2) is 59.5 Å². The largest absolute Gasteiger partial charge is 0.308 e. The lowest BCUT2D eigenvalue weighted by Gasteiger charge is -2.13. The average Bonchev–Trinajstić information content (AvgIpc) is 3.06. The predicted molar refractivity (Wildman–Crippen MR) is 119 cm³/mol. The lowest BCUT2D eigenvalue weighted by atomic mass is 10.0. The zero-order valence-electron chi connectivity index (χ0n) is 17.3. The summed E-state index contributed by atoms with van der Waals surface area (Å²) in [5.74, 6) is 0.912. The van der Waals surface area contributed by atoms with Gasteiger partial charge in [-0.05, 0) is 42.7 Å². The first-order chi connectivity index (χ1) is 14.3. The Morgan fingerprint density at radius 2 is 1.73 bits per heavy atom. The van der Waals surface area contributed by atoms with E-state index in [9.17, 15) is 8.42 Å². The summed E-state index contributed by atoms with van der Waals surface area (Å²) in [4.78, 5) is 9.58. The van der Waals surface area contributed by atoms with Gasteiger partial charge in [-0.15, -0.1) is 0 Å². The second-order valence-electron chi connectivity index (χ2n) is 7.46. The number of aromatic nitrogens is 3. The van der Waals surface area contributed by atoms with Gasteiger partial charge in [-0.3, -0.25) is 0 Å². The fourth-order valence-corrected chi connectivity index (χ4v) is 4.63. The number of aryl methyl sites for hydroxylation is 3. The predicted octanol–water partition coefficient (Wildman–Crippen LogP) is 3.97. The number of nitrogens with two attached hydrogens (primary N) is 1. The minimum absolute atomic E-state index is 0.119. The molecule has 2 aromatic heterocycles. The van der Waals surface area contributed by atoms with E-state index in [0.717, 1.165) is 45.8 Å². The molecular formula is C23H24N4O2S. The van der Waals surface area contributed by atoms with Crippen LogP contribution in [-0.2, 0) is 23.0 Å². The van der Waals surface area contributed by atoms with Gasteiger partial charge in [0.2, 0.25) is 10.0 Å². The molecule has 0 saturated carbocycles. The van der Waals surface area contributed by atoms with Crippen molar-refractivity contribution in [2.75, 3.05) is 0 Å². The normalized spacial score (nSPS) is 11.9. The molecule has 0 aliphatic heterocycles. The van der Waals surface area contributed by atoms with Gasteiger partial charge in [0.15, 0.2) is 5.65 Å². The quantitative estimate of drug-likeness (QED) is 0.529. The number of pyridine rings is 1. The van der Waals surface area contributed by atoms with Crippen LogP contribution >= 0.6 is 0 Å². The Morgan fingerprint density at radius 1 is 1.00 bits per heavy atom. The summed E-state index contributed by atoms with van der Waals surface area (Å²) in [6.07, 6.45) is 0.749. The number of rotatable bonds is 5. The van der Waals surface area contributed by atoms with Crippen LogP contribution in [0.2, 0.25) is 0 Å². The molecule has 2 N–H and O–H groups in total.